The van der Waals surface area contributed by atoms with Crippen LogP contribution >= 0.6 is 11.8 Å². The molecule has 0 spiro atoms. The van der Waals surface area contributed by atoms with Crippen molar-refractivity contribution in [2.75, 3.05) is 17.7 Å². The summed E-state index contributed by atoms with van der Waals surface area (Å²) in [4.78, 5) is 12.9. The Balaban J connectivity index is 1.55. The normalized spacial score (nSPS) is 11.7. The lowest BCUT2D eigenvalue weighted by Gasteiger charge is -2.15. The number of anilines is 2. The van der Waals surface area contributed by atoms with Crippen LogP contribution in [-0.4, -0.2) is 33.0 Å². The summed E-state index contributed by atoms with van der Waals surface area (Å²) in [6.07, 6.45) is 0. The van der Waals surface area contributed by atoms with Crippen LogP contribution in [0.5, 0.6) is 5.75 Å². The van der Waals surface area contributed by atoms with Gasteiger partial charge in [-0.25, -0.2) is 0 Å². The third-order valence-corrected chi connectivity index (χ3v) is 6.55. The summed E-state index contributed by atoms with van der Waals surface area (Å²) in [6, 6.07) is 23.7. The second-order valence-corrected chi connectivity index (χ2v) is 9.58. The van der Waals surface area contributed by atoms with Crippen LogP contribution in [0, 0.1) is 13.8 Å². The number of rotatable bonds is 9. The topological polar surface area (TPSA) is 81.1 Å². The first-order chi connectivity index (χ1) is 16.9. The van der Waals surface area contributed by atoms with Crippen molar-refractivity contribution >= 4 is 29.0 Å². The molecule has 0 fully saturated rings. The Bertz CT molecular complexity index is 1270. The zero-order chi connectivity index (χ0) is 24.8. The van der Waals surface area contributed by atoms with Crippen molar-refractivity contribution in [1.82, 2.24) is 14.8 Å². The molecule has 4 rings (SSSR count). The fraction of sp³-hybridized carbons (Fsp3) is 0.222. The van der Waals surface area contributed by atoms with Crippen molar-refractivity contribution in [3.8, 4) is 11.4 Å². The van der Waals surface area contributed by atoms with E-state index in [1.807, 2.05) is 79.1 Å². The molecule has 0 radical (unpaired) electrons. The number of aromatic nitrogens is 3. The molecule has 0 saturated carbocycles. The van der Waals surface area contributed by atoms with E-state index in [1.165, 1.54) is 17.3 Å². The lowest BCUT2D eigenvalue weighted by molar-refractivity contribution is -0.115. The van der Waals surface area contributed by atoms with E-state index in [0.717, 1.165) is 34.2 Å². The Labute approximate surface area is 209 Å². The van der Waals surface area contributed by atoms with Crippen LogP contribution in [0.3, 0.4) is 0 Å². The Morgan fingerprint density at radius 2 is 1.51 bits per heavy atom. The maximum atomic E-state index is 12.9. The number of ether oxygens (including phenoxy) is 1. The summed E-state index contributed by atoms with van der Waals surface area (Å²) in [6.45, 7) is 6.42. The smallest absolute Gasteiger partial charge is 0.237 e. The average Bonchev–Trinajstić information content (AvgIpc) is 3.27. The fourth-order valence-electron chi connectivity index (χ4n) is 3.43. The average molecular weight is 488 g/mol. The molecule has 3 aromatic carbocycles. The van der Waals surface area contributed by atoms with E-state index in [0.29, 0.717) is 11.7 Å². The van der Waals surface area contributed by atoms with Crippen LogP contribution in [0.2, 0.25) is 0 Å². The molecular formula is C27H29N5O2S. The van der Waals surface area contributed by atoms with Gasteiger partial charge in [0.15, 0.2) is 11.0 Å². The van der Waals surface area contributed by atoms with Gasteiger partial charge in [0.05, 0.1) is 18.9 Å². The van der Waals surface area contributed by atoms with Crippen LogP contribution in [0.15, 0.2) is 78.0 Å². The number of benzene rings is 3. The Morgan fingerprint density at radius 3 is 2.11 bits per heavy atom. The molecule has 0 aliphatic carbocycles. The van der Waals surface area contributed by atoms with Crippen LogP contribution < -0.4 is 15.4 Å². The quantitative estimate of drug-likeness (QED) is 0.298. The van der Waals surface area contributed by atoms with Gasteiger partial charge in [-0.05, 0) is 69.3 Å². The monoisotopic (exact) mass is 487 g/mol. The zero-order valence-corrected chi connectivity index (χ0v) is 21.1. The Hall–Kier alpha value is -3.78. The predicted molar refractivity (Wildman–Crippen MR) is 142 cm³/mol. The molecule has 8 heteroatoms. The first kappa shape index (κ1) is 24.3. The van der Waals surface area contributed by atoms with E-state index in [1.54, 1.807) is 7.11 Å². The van der Waals surface area contributed by atoms with Crippen molar-refractivity contribution in [2.24, 2.45) is 0 Å². The van der Waals surface area contributed by atoms with Crippen molar-refractivity contribution in [3.63, 3.8) is 0 Å². The van der Waals surface area contributed by atoms with Gasteiger partial charge in [0.25, 0.3) is 0 Å². The molecule has 2 N–H and O–H groups in total. The van der Waals surface area contributed by atoms with Crippen molar-refractivity contribution < 1.29 is 9.53 Å². The number of carbonyl (C=O) groups is 1. The van der Waals surface area contributed by atoms with Crippen molar-refractivity contribution in [1.29, 1.82) is 0 Å². The highest BCUT2D eigenvalue weighted by molar-refractivity contribution is 8.00. The van der Waals surface area contributed by atoms with Gasteiger partial charge in [-0.15, -0.1) is 10.2 Å². The SMILES string of the molecule is COc1ccc(-n2c(CNc3ccc(C)cc3)nnc2S[C@@H](C)C(=O)Nc2ccc(C)cc2)cc1. The summed E-state index contributed by atoms with van der Waals surface area (Å²) in [5.41, 5.74) is 5.01. The highest BCUT2D eigenvalue weighted by Gasteiger charge is 2.21. The summed E-state index contributed by atoms with van der Waals surface area (Å²) in [5.74, 6) is 1.41. The molecule has 0 saturated heterocycles. The first-order valence-corrected chi connectivity index (χ1v) is 12.2. The van der Waals surface area contributed by atoms with Crippen LogP contribution in [0.4, 0.5) is 11.4 Å². The standard InChI is InChI=1S/C27H29N5O2S/c1-18-5-9-21(10-6-18)28-17-25-30-31-27(32(25)23-13-15-24(34-4)16-14-23)35-20(3)26(33)29-22-11-7-19(2)8-12-22/h5-16,20,28H,17H2,1-4H3,(H,29,33)/t20-/m0/s1. The largest absolute Gasteiger partial charge is 0.497 e. The van der Waals surface area contributed by atoms with Crippen LogP contribution in [-0.2, 0) is 11.3 Å². The van der Waals surface area contributed by atoms with E-state index in [4.69, 9.17) is 4.74 Å². The van der Waals surface area contributed by atoms with Crippen LogP contribution in [0.1, 0.15) is 23.9 Å². The molecule has 35 heavy (non-hydrogen) atoms. The number of thioether (sulfide) groups is 1. The maximum absolute atomic E-state index is 12.9. The lowest BCUT2D eigenvalue weighted by atomic mass is 10.2. The first-order valence-electron chi connectivity index (χ1n) is 11.4. The molecule has 0 aliphatic rings. The van der Waals surface area contributed by atoms with Gasteiger partial charge in [-0.3, -0.25) is 9.36 Å². The van der Waals surface area contributed by atoms with Crippen LogP contribution in [0.25, 0.3) is 5.69 Å². The minimum Gasteiger partial charge on any atom is -0.497 e. The lowest BCUT2D eigenvalue weighted by Crippen LogP contribution is -2.23. The number of nitrogens with one attached hydrogen (secondary N) is 2. The van der Waals surface area contributed by atoms with Crippen molar-refractivity contribution in [3.05, 3.63) is 89.7 Å². The molecule has 1 atom stereocenters. The Kier molecular flexibility index (Phi) is 7.72. The van der Waals surface area contributed by atoms with Gasteiger partial charge in [0.1, 0.15) is 5.75 Å². The summed E-state index contributed by atoms with van der Waals surface area (Å²) in [5, 5.41) is 15.5. The molecule has 0 unspecified atom stereocenters. The van der Waals surface area contributed by atoms with Gasteiger partial charge in [0, 0.05) is 17.1 Å². The van der Waals surface area contributed by atoms with Gasteiger partial charge in [-0.2, -0.15) is 0 Å². The predicted octanol–water partition coefficient (Wildman–Crippen LogP) is 5.62. The van der Waals surface area contributed by atoms with Gasteiger partial charge in [0.2, 0.25) is 5.91 Å². The minimum atomic E-state index is -0.379. The molecular weight excluding hydrogens is 458 g/mol. The Morgan fingerprint density at radius 1 is 0.914 bits per heavy atom. The number of aryl methyl sites for hydroxylation is 2. The summed E-state index contributed by atoms with van der Waals surface area (Å²) in [7, 11) is 1.64. The molecule has 0 bridgehead atoms. The van der Waals surface area contributed by atoms with Crippen molar-refractivity contribution in [2.45, 2.75) is 37.7 Å². The molecule has 4 aromatic rings. The minimum absolute atomic E-state index is 0.0949. The van der Waals surface area contributed by atoms with E-state index in [-0.39, 0.29) is 11.2 Å². The maximum Gasteiger partial charge on any atom is 0.237 e. The number of hydrogen-bond donors (Lipinski definition) is 2. The molecule has 180 valence electrons. The molecule has 0 aliphatic heterocycles. The molecule has 1 heterocycles. The second kappa shape index (κ2) is 11.1. The third kappa shape index (κ3) is 6.22. The fourth-order valence-corrected chi connectivity index (χ4v) is 4.31. The molecule has 7 nitrogen and oxygen atoms in total. The van der Waals surface area contributed by atoms with Gasteiger partial charge >= 0.3 is 0 Å². The number of hydrogen-bond acceptors (Lipinski definition) is 6. The van der Waals surface area contributed by atoms with Gasteiger partial charge in [-0.1, -0.05) is 47.2 Å². The van der Waals surface area contributed by atoms with E-state index >= 15 is 0 Å². The highest BCUT2D eigenvalue weighted by atomic mass is 32.2. The third-order valence-electron chi connectivity index (χ3n) is 5.50. The van der Waals surface area contributed by atoms with E-state index in [2.05, 4.69) is 39.9 Å². The van der Waals surface area contributed by atoms with Gasteiger partial charge < -0.3 is 15.4 Å². The number of carbonyl (C=O) groups excluding carboxylic acids is 1. The highest BCUT2D eigenvalue weighted by Crippen LogP contribution is 2.28. The molecule has 1 aromatic heterocycles. The second-order valence-electron chi connectivity index (χ2n) is 8.27. The number of amides is 1. The van der Waals surface area contributed by atoms with E-state index in [9.17, 15) is 4.79 Å². The zero-order valence-electron chi connectivity index (χ0n) is 20.3. The summed E-state index contributed by atoms with van der Waals surface area (Å²) >= 11 is 1.37. The summed E-state index contributed by atoms with van der Waals surface area (Å²) < 4.78 is 7.28. The van der Waals surface area contributed by atoms with E-state index < -0.39 is 0 Å². The number of nitrogens with zero attached hydrogens (tertiary/aromatic N) is 3. The number of methoxy groups -OCH3 is 1. The molecule has 1 amide bonds.